The summed E-state index contributed by atoms with van der Waals surface area (Å²) in [6, 6.07) is -1.12. The molecule has 1 rings (SSSR count). The number of methoxy groups -OCH3 is 2. The second-order valence-corrected chi connectivity index (χ2v) is 6.25. The van der Waals surface area contributed by atoms with Crippen molar-refractivity contribution in [3.63, 3.8) is 0 Å². The van der Waals surface area contributed by atoms with Crippen molar-refractivity contribution in [3.8, 4) is 0 Å². The van der Waals surface area contributed by atoms with Gasteiger partial charge < -0.3 is 14.8 Å². The molecule has 1 amide bonds. The molecule has 0 radical (unpaired) electrons. The van der Waals surface area contributed by atoms with E-state index in [1.165, 1.54) is 25.9 Å². The van der Waals surface area contributed by atoms with Gasteiger partial charge in [0.15, 0.2) is 5.82 Å². The molecule has 1 aromatic rings. The molecule has 0 aliphatic rings. The van der Waals surface area contributed by atoms with Crippen LogP contribution >= 0.6 is 0 Å². The van der Waals surface area contributed by atoms with Crippen molar-refractivity contribution in [2.75, 3.05) is 27.8 Å². The number of ether oxygens (including phenoxy) is 2. The Morgan fingerprint density at radius 3 is 2.30 bits per heavy atom. The average Bonchev–Trinajstić information content (AvgIpc) is 3.08. The van der Waals surface area contributed by atoms with Crippen LogP contribution in [0.25, 0.3) is 0 Å². The molecular weight excluding hydrogens is 356 g/mol. The zero-order chi connectivity index (χ0) is 20.6. The summed E-state index contributed by atoms with van der Waals surface area (Å²) in [4.78, 5) is 37.8. The highest BCUT2D eigenvalue weighted by Crippen LogP contribution is 2.29. The molecule has 1 heterocycles. The van der Waals surface area contributed by atoms with E-state index in [1.807, 2.05) is 20.8 Å². The van der Waals surface area contributed by atoms with E-state index in [9.17, 15) is 14.4 Å². The van der Waals surface area contributed by atoms with E-state index in [0.29, 0.717) is 12.2 Å². The van der Waals surface area contributed by atoms with Crippen LogP contribution in [-0.4, -0.2) is 76.8 Å². The van der Waals surface area contributed by atoms with Crippen molar-refractivity contribution in [2.45, 2.75) is 45.8 Å². The normalized spacial score (nSPS) is 13.3. The van der Waals surface area contributed by atoms with Gasteiger partial charge in [-0.2, -0.15) is 0 Å². The van der Waals surface area contributed by atoms with E-state index in [-0.39, 0.29) is 24.9 Å². The smallest absolute Gasteiger partial charge is 0.327 e. The first-order valence-corrected chi connectivity index (χ1v) is 8.67. The molecule has 1 aromatic heterocycles. The van der Waals surface area contributed by atoms with Gasteiger partial charge in [-0.15, -0.1) is 5.10 Å². The number of carbonyl (C=O) groups excluding carboxylic acids is 3. The van der Waals surface area contributed by atoms with Crippen molar-refractivity contribution in [1.29, 1.82) is 0 Å². The zero-order valence-electron chi connectivity index (χ0n) is 16.6. The third kappa shape index (κ3) is 5.71. The van der Waals surface area contributed by atoms with Gasteiger partial charge >= 0.3 is 11.9 Å². The Morgan fingerprint density at radius 2 is 1.81 bits per heavy atom. The van der Waals surface area contributed by atoms with E-state index in [2.05, 4.69) is 25.6 Å². The molecule has 2 unspecified atom stereocenters. The lowest BCUT2D eigenvalue weighted by Gasteiger charge is -2.37. The number of nitrogens with one attached hydrogen (secondary N) is 1. The van der Waals surface area contributed by atoms with Gasteiger partial charge in [0.2, 0.25) is 5.91 Å². The van der Waals surface area contributed by atoms with Gasteiger partial charge in [-0.3, -0.25) is 19.3 Å². The molecule has 0 aliphatic carbocycles. The molecule has 0 aliphatic heterocycles. The second-order valence-electron chi connectivity index (χ2n) is 6.25. The average molecular weight is 384 g/mol. The van der Waals surface area contributed by atoms with Crippen molar-refractivity contribution >= 4 is 17.8 Å². The van der Waals surface area contributed by atoms with Gasteiger partial charge in [-0.1, -0.05) is 20.8 Å². The highest BCUT2D eigenvalue weighted by molar-refractivity contribution is 5.82. The molecule has 0 bridgehead atoms. The van der Waals surface area contributed by atoms with Crippen molar-refractivity contribution in [1.82, 2.24) is 30.4 Å². The van der Waals surface area contributed by atoms with Gasteiger partial charge in [0.1, 0.15) is 6.54 Å². The third-order valence-corrected chi connectivity index (χ3v) is 4.19. The number of carbonyl (C=O) groups is 3. The van der Waals surface area contributed by atoms with Crippen LogP contribution in [0.2, 0.25) is 0 Å². The van der Waals surface area contributed by atoms with E-state index in [1.54, 1.807) is 4.90 Å². The molecule has 0 fully saturated rings. The quantitative estimate of drug-likeness (QED) is 0.533. The van der Waals surface area contributed by atoms with Gasteiger partial charge in [0, 0.05) is 7.05 Å². The standard InChI is InChI=1S/C16H28N6O5/c1-7-11(16(25)17-4)21(8-12(23)26-5)14(10(2)3)15-18-19-20-22(15)9-13(24)27-6/h10-11,14H,7-9H2,1-6H3,(H,17,25). The lowest BCUT2D eigenvalue weighted by molar-refractivity contribution is -0.146. The van der Waals surface area contributed by atoms with Crippen LogP contribution in [0.3, 0.4) is 0 Å². The van der Waals surface area contributed by atoms with Crippen molar-refractivity contribution in [3.05, 3.63) is 5.82 Å². The minimum Gasteiger partial charge on any atom is -0.468 e. The van der Waals surface area contributed by atoms with Crippen molar-refractivity contribution in [2.24, 2.45) is 5.92 Å². The number of likely N-dealkylation sites (N-methyl/N-ethyl adjacent to an activating group) is 1. The van der Waals surface area contributed by atoms with Gasteiger partial charge in [-0.25, -0.2) is 4.68 Å². The van der Waals surface area contributed by atoms with Crippen LogP contribution in [0.5, 0.6) is 0 Å². The minimum atomic E-state index is -0.607. The molecule has 11 heteroatoms. The maximum atomic E-state index is 12.4. The molecular formula is C16H28N6O5. The number of aromatic nitrogens is 4. The largest absolute Gasteiger partial charge is 0.468 e. The highest BCUT2D eigenvalue weighted by Gasteiger charge is 2.37. The first-order chi connectivity index (χ1) is 12.8. The number of hydrogen-bond donors (Lipinski definition) is 1. The van der Waals surface area contributed by atoms with Crippen LogP contribution < -0.4 is 5.32 Å². The molecule has 0 aromatic carbocycles. The summed E-state index contributed by atoms with van der Waals surface area (Å²) >= 11 is 0. The van der Waals surface area contributed by atoms with Crippen molar-refractivity contribution < 1.29 is 23.9 Å². The predicted octanol–water partition coefficient (Wildman–Crippen LogP) is -0.457. The van der Waals surface area contributed by atoms with Crippen LogP contribution in [0.1, 0.15) is 39.1 Å². The molecule has 0 saturated carbocycles. The number of esters is 2. The van der Waals surface area contributed by atoms with Crippen LogP contribution in [-0.2, 0) is 30.4 Å². The summed E-state index contributed by atoms with van der Waals surface area (Å²) < 4.78 is 10.8. The van der Waals surface area contributed by atoms with Gasteiger partial charge in [0.05, 0.1) is 32.8 Å². The Labute approximate surface area is 158 Å². The lowest BCUT2D eigenvalue weighted by Crippen LogP contribution is -2.51. The first-order valence-electron chi connectivity index (χ1n) is 8.67. The van der Waals surface area contributed by atoms with Crippen LogP contribution in [0.15, 0.2) is 0 Å². The lowest BCUT2D eigenvalue weighted by atomic mass is 9.98. The number of hydrogen-bond acceptors (Lipinski definition) is 9. The van der Waals surface area contributed by atoms with E-state index in [0.717, 1.165) is 0 Å². The fourth-order valence-corrected chi connectivity index (χ4v) is 2.91. The second kappa shape index (κ2) is 10.6. The molecule has 11 nitrogen and oxygen atoms in total. The summed E-state index contributed by atoms with van der Waals surface area (Å²) in [7, 11) is 4.09. The Hall–Kier alpha value is -2.56. The summed E-state index contributed by atoms with van der Waals surface area (Å²) in [6.45, 7) is 5.38. The molecule has 27 heavy (non-hydrogen) atoms. The summed E-state index contributed by atoms with van der Waals surface area (Å²) in [6.07, 6.45) is 0.457. The molecule has 0 spiro atoms. The summed E-state index contributed by atoms with van der Waals surface area (Å²) in [5.74, 6) is -0.949. The van der Waals surface area contributed by atoms with E-state index in [4.69, 9.17) is 4.74 Å². The maximum absolute atomic E-state index is 12.4. The maximum Gasteiger partial charge on any atom is 0.327 e. The number of nitrogens with zero attached hydrogens (tertiary/aromatic N) is 5. The fraction of sp³-hybridized carbons (Fsp3) is 0.750. The van der Waals surface area contributed by atoms with E-state index < -0.39 is 24.0 Å². The Morgan fingerprint density at radius 1 is 1.19 bits per heavy atom. The van der Waals surface area contributed by atoms with Gasteiger partial charge in [0.25, 0.3) is 0 Å². The third-order valence-electron chi connectivity index (χ3n) is 4.19. The predicted molar refractivity (Wildman–Crippen MR) is 94.3 cm³/mol. The monoisotopic (exact) mass is 384 g/mol. The first kappa shape index (κ1) is 22.5. The van der Waals surface area contributed by atoms with Crippen LogP contribution in [0, 0.1) is 5.92 Å². The molecule has 0 saturated heterocycles. The SMILES string of the molecule is CCC(C(=O)NC)N(CC(=O)OC)C(c1nnnn1CC(=O)OC)C(C)C. The summed E-state index contributed by atoms with van der Waals surface area (Å²) in [5, 5.41) is 14.2. The summed E-state index contributed by atoms with van der Waals surface area (Å²) in [5.41, 5.74) is 0. The minimum absolute atomic E-state index is 0.0734. The zero-order valence-corrected chi connectivity index (χ0v) is 16.6. The molecule has 1 N–H and O–H groups in total. The Kier molecular flexibility index (Phi) is 8.79. The molecule has 152 valence electrons. The Balaban J connectivity index is 3.39. The number of rotatable bonds is 10. The highest BCUT2D eigenvalue weighted by atomic mass is 16.5. The van der Waals surface area contributed by atoms with E-state index >= 15 is 0 Å². The fourth-order valence-electron chi connectivity index (χ4n) is 2.91. The topological polar surface area (TPSA) is 129 Å². The van der Waals surface area contributed by atoms with Gasteiger partial charge in [-0.05, 0) is 22.8 Å². The van der Waals surface area contributed by atoms with Crippen LogP contribution in [0.4, 0.5) is 0 Å². The molecule has 2 atom stereocenters. The number of amides is 1. The number of tetrazole rings is 1. The Bertz CT molecular complexity index is 647.